The summed E-state index contributed by atoms with van der Waals surface area (Å²) in [5, 5.41) is 7.72. The summed E-state index contributed by atoms with van der Waals surface area (Å²) >= 11 is 1.88. The van der Waals surface area contributed by atoms with Crippen molar-refractivity contribution in [2.45, 2.75) is 0 Å². The molecule has 0 fully saturated rings. The Morgan fingerprint density at radius 2 is 0.979 bits per heavy atom. The molecule has 5 heteroatoms. The first-order valence-electron chi connectivity index (χ1n) is 16.0. The summed E-state index contributed by atoms with van der Waals surface area (Å²) in [6.07, 6.45) is 0. The van der Waals surface area contributed by atoms with Crippen molar-refractivity contribution in [1.82, 2.24) is 19.5 Å². The van der Waals surface area contributed by atoms with Crippen molar-refractivity contribution in [3.05, 3.63) is 158 Å². The highest BCUT2D eigenvalue weighted by molar-refractivity contribution is 7.26. The first-order valence-corrected chi connectivity index (χ1v) is 16.9. The largest absolute Gasteiger partial charge is 0.309 e. The lowest BCUT2D eigenvalue weighted by Gasteiger charge is -2.11. The van der Waals surface area contributed by atoms with Crippen molar-refractivity contribution in [3.63, 3.8) is 0 Å². The Balaban J connectivity index is 1.14. The second-order valence-electron chi connectivity index (χ2n) is 12.1. The van der Waals surface area contributed by atoms with E-state index in [1.54, 1.807) is 0 Å². The van der Waals surface area contributed by atoms with Crippen LogP contribution in [-0.4, -0.2) is 19.5 Å². The van der Waals surface area contributed by atoms with E-state index < -0.39 is 0 Å². The van der Waals surface area contributed by atoms with E-state index in [4.69, 9.17) is 15.0 Å². The molecule has 10 rings (SSSR count). The van der Waals surface area contributed by atoms with Gasteiger partial charge in [0.1, 0.15) is 0 Å². The second-order valence-corrected chi connectivity index (χ2v) is 13.1. The van der Waals surface area contributed by atoms with Crippen molar-refractivity contribution in [2.75, 3.05) is 0 Å². The number of para-hydroxylation sites is 1. The summed E-state index contributed by atoms with van der Waals surface area (Å²) in [6.45, 7) is 0. The number of thiophene rings is 1. The molecule has 0 amide bonds. The van der Waals surface area contributed by atoms with Crippen LogP contribution in [0, 0.1) is 0 Å². The molecule has 0 aliphatic heterocycles. The fourth-order valence-corrected chi connectivity index (χ4v) is 8.19. The van der Waals surface area contributed by atoms with E-state index in [9.17, 15) is 0 Å². The predicted octanol–water partition coefficient (Wildman–Crippen LogP) is 11.5. The van der Waals surface area contributed by atoms with Crippen molar-refractivity contribution < 1.29 is 0 Å². The summed E-state index contributed by atoms with van der Waals surface area (Å²) in [7, 11) is 0. The van der Waals surface area contributed by atoms with Crippen LogP contribution in [0.3, 0.4) is 0 Å². The third kappa shape index (κ3) is 4.25. The molecule has 0 spiro atoms. The van der Waals surface area contributed by atoms with Crippen LogP contribution in [0.1, 0.15) is 0 Å². The van der Waals surface area contributed by atoms with Gasteiger partial charge >= 0.3 is 0 Å². The molecule has 4 nitrogen and oxygen atoms in total. The average molecular weight is 631 g/mol. The summed E-state index contributed by atoms with van der Waals surface area (Å²) in [6, 6.07) is 55.5. The maximum atomic E-state index is 4.94. The Bertz CT molecular complexity index is 2760. The zero-order valence-electron chi connectivity index (χ0n) is 25.7. The molecule has 0 radical (unpaired) electrons. The van der Waals surface area contributed by atoms with Crippen molar-refractivity contribution in [1.29, 1.82) is 0 Å². The normalized spacial score (nSPS) is 11.8. The van der Waals surface area contributed by atoms with Crippen LogP contribution < -0.4 is 0 Å². The summed E-state index contributed by atoms with van der Waals surface area (Å²) in [4.78, 5) is 14.7. The van der Waals surface area contributed by atoms with Gasteiger partial charge in [0.25, 0.3) is 0 Å². The first kappa shape index (κ1) is 27.0. The number of aromatic nitrogens is 4. The van der Waals surface area contributed by atoms with Gasteiger partial charge < -0.3 is 4.57 Å². The minimum absolute atomic E-state index is 0.649. The highest BCUT2D eigenvalue weighted by atomic mass is 32.1. The third-order valence-electron chi connectivity index (χ3n) is 9.24. The number of benzene rings is 7. The molecule has 3 aromatic heterocycles. The third-order valence-corrected chi connectivity index (χ3v) is 10.4. The number of hydrogen-bond donors (Lipinski definition) is 0. The molecule has 224 valence electrons. The molecule has 0 bridgehead atoms. The maximum Gasteiger partial charge on any atom is 0.164 e. The smallest absolute Gasteiger partial charge is 0.164 e. The molecule has 10 aromatic rings. The second kappa shape index (κ2) is 10.7. The van der Waals surface area contributed by atoms with Gasteiger partial charge in [0.15, 0.2) is 17.5 Å². The quantitative estimate of drug-likeness (QED) is 0.194. The molecule has 0 N–H and O–H groups in total. The van der Waals surface area contributed by atoms with Crippen LogP contribution in [0.25, 0.3) is 92.6 Å². The minimum atomic E-state index is 0.649. The van der Waals surface area contributed by atoms with Gasteiger partial charge in [-0.25, -0.2) is 15.0 Å². The Kier molecular flexibility index (Phi) is 6.01. The Labute approximate surface area is 280 Å². The summed E-state index contributed by atoms with van der Waals surface area (Å²) in [5.74, 6) is 1.97. The van der Waals surface area contributed by atoms with Gasteiger partial charge in [0, 0.05) is 53.3 Å². The molecular weight excluding hydrogens is 605 g/mol. The molecule has 0 aliphatic rings. The highest BCUT2D eigenvalue weighted by Crippen LogP contribution is 2.43. The molecule has 0 atom stereocenters. The van der Waals surface area contributed by atoms with Crippen LogP contribution in [0.2, 0.25) is 0 Å². The first-order chi connectivity index (χ1) is 23.8. The lowest BCUT2D eigenvalue weighted by Crippen LogP contribution is -2.00. The zero-order chi connectivity index (χ0) is 31.6. The predicted molar refractivity (Wildman–Crippen MR) is 201 cm³/mol. The van der Waals surface area contributed by atoms with Gasteiger partial charge in [-0.2, -0.15) is 0 Å². The fraction of sp³-hybridized carbons (Fsp3) is 0. The SMILES string of the molecule is c1ccc(-c2nc(-c3ccccc3)nc(-c3ccc(-n4c5ccccc5c5cc6c(cc54)sc4c5ccccc5ccc64)cc3)n2)cc1. The average Bonchev–Trinajstić information content (AvgIpc) is 3.69. The van der Waals surface area contributed by atoms with Crippen LogP contribution in [0.15, 0.2) is 158 Å². The van der Waals surface area contributed by atoms with Gasteiger partial charge in [0.2, 0.25) is 0 Å². The van der Waals surface area contributed by atoms with E-state index in [1.807, 2.05) is 72.0 Å². The van der Waals surface area contributed by atoms with E-state index in [0.29, 0.717) is 17.5 Å². The molecule has 3 heterocycles. The molecule has 48 heavy (non-hydrogen) atoms. The maximum absolute atomic E-state index is 4.94. The Morgan fingerprint density at radius 3 is 1.67 bits per heavy atom. The van der Waals surface area contributed by atoms with Crippen molar-refractivity contribution in [2.24, 2.45) is 0 Å². The lowest BCUT2D eigenvalue weighted by atomic mass is 10.0. The fourth-order valence-electron chi connectivity index (χ4n) is 6.94. The van der Waals surface area contributed by atoms with Crippen LogP contribution in [-0.2, 0) is 0 Å². The number of hydrogen-bond acceptors (Lipinski definition) is 4. The van der Waals surface area contributed by atoms with E-state index in [0.717, 1.165) is 22.4 Å². The van der Waals surface area contributed by atoms with Gasteiger partial charge in [-0.3, -0.25) is 0 Å². The van der Waals surface area contributed by atoms with Crippen molar-refractivity contribution in [3.8, 4) is 39.9 Å². The molecule has 0 saturated carbocycles. The minimum Gasteiger partial charge on any atom is -0.309 e. The van der Waals surface area contributed by atoms with Crippen LogP contribution in [0.4, 0.5) is 0 Å². The zero-order valence-corrected chi connectivity index (χ0v) is 26.5. The number of rotatable bonds is 4. The van der Waals surface area contributed by atoms with Gasteiger partial charge in [-0.1, -0.05) is 115 Å². The molecule has 0 unspecified atom stereocenters. The number of nitrogens with zero attached hydrogens (tertiary/aromatic N) is 4. The van der Waals surface area contributed by atoms with Gasteiger partial charge in [-0.05, 0) is 53.2 Å². The molecule has 0 saturated heterocycles. The van der Waals surface area contributed by atoms with Crippen LogP contribution in [0.5, 0.6) is 0 Å². The Morgan fingerprint density at radius 1 is 0.396 bits per heavy atom. The monoisotopic (exact) mass is 630 g/mol. The van der Waals surface area contributed by atoms with E-state index >= 15 is 0 Å². The Hall–Kier alpha value is -6.17. The van der Waals surface area contributed by atoms with E-state index in [1.165, 1.54) is 52.8 Å². The lowest BCUT2D eigenvalue weighted by molar-refractivity contribution is 1.07. The summed E-state index contributed by atoms with van der Waals surface area (Å²) in [5.41, 5.74) is 6.34. The van der Waals surface area contributed by atoms with Gasteiger partial charge in [0.05, 0.1) is 11.0 Å². The molecular formula is C43H26N4S. The topological polar surface area (TPSA) is 43.6 Å². The molecule has 7 aromatic carbocycles. The molecule has 0 aliphatic carbocycles. The van der Waals surface area contributed by atoms with Crippen LogP contribution >= 0.6 is 11.3 Å². The number of fused-ring (bicyclic) bond motifs is 8. The van der Waals surface area contributed by atoms with E-state index in [2.05, 4.69) is 102 Å². The highest BCUT2D eigenvalue weighted by Gasteiger charge is 2.17. The van der Waals surface area contributed by atoms with Gasteiger partial charge in [-0.15, -0.1) is 11.3 Å². The van der Waals surface area contributed by atoms with E-state index in [-0.39, 0.29) is 0 Å². The summed E-state index contributed by atoms with van der Waals surface area (Å²) < 4.78 is 5.02. The van der Waals surface area contributed by atoms with Crippen molar-refractivity contribution >= 4 is 64.1 Å². The standard InChI is InChI=1S/C43H26N4S/c1-3-12-28(13-4-1)41-44-42(29-14-5-2-6-15-29)46-43(45-41)30-19-22-31(23-20-30)47-37-18-10-9-17-33(37)35-25-36-34-24-21-27-11-7-8-16-32(27)40(34)48-39(36)26-38(35)47/h1-26H.